The van der Waals surface area contributed by atoms with Gasteiger partial charge in [-0.25, -0.2) is 9.97 Å². The fourth-order valence-electron chi connectivity index (χ4n) is 2.06. The van der Waals surface area contributed by atoms with Crippen LogP contribution in [0.3, 0.4) is 0 Å². The molecule has 0 amide bonds. The van der Waals surface area contributed by atoms with Crippen molar-refractivity contribution in [3.05, 3.63) is 46.9 Å². The van der Waals surface area contributed by atoms with Gasteiger partial charge in [0, 0.05) is 11.8 Å². The Balaban J connectivity index is 2.57. The van der Waals surface area contributed by atoms with E-state index in [-0.39, 0.29) is 0 Å². The maximum atomic E-state index is 6.07. The van der Waals surface area contributed by atoms with Gasteiger partial charge in [-0.05, 0) is 63.4 Å². The van der Waals surface area contributed by atoms with E-state index in [4.69, 9.17) is 5.73 Å². The van der Waals surface area contributed by atoms with Crippen LogP contribution in [0.25, 0.3) is 11.3 Å². The summed E-state index contributed by atoms with van der Waals surface area (Å²) in [5.41, 5.74) is 11.4. The van der Waals surface area contributed by atoms with E-state index >= 15 is 0 Å². The zero-order chi connectivity index (χ0) is 14.2. The molecule has 1 aromatic heterocycles. The van der Waals surface area contributed by atoms with E-state index in [0.717, 1.165) is 11.3 Å². The van der Waals surface area contributed by atoms with Gasteiger partial charge in [-0.15, -0.1) is 0 Å². The summed E-state index contributed by atoms with van der Waals surface area (Å²) in [4.78, 5) is 8.88. The number of hydrogen-bond donors (Lipinski definition) is 1. The van der Waals surface area contributed by atoms with Gasteiger partial charge in [0.05, 0.1) is 11.2 Å². The van der Waals surface area contributed by atoms with Gasteiger partial charge in [0.25, 0.3) is 0 Å². The Morgan fingerprint density at radius 3 is 2.26 bits per heavy atom. The first-order valence-corrected chi connectivity index (χ1v) is 6.49. The minimum absolute atomic E-state index is 0.524. The van der Waals surface area contributed by atoms with Crippen LogP contribution in [0.4, 0.5) is 0 Å². The SMILES string of the molecule is Cc1cc(C)c(-c2ccnc(C(C)(C)N)n2)cc1C. The molecule has 0 saturated carbocycles. The Morgan fingerprint density at radius 2 is 1.63 bits per heavy atom. The number of rotatable bonds is 2. The van der Waals surface area contributed by atoms with E-state index in [0.29, 0.717) is 5.82 Å². The van der Waals surface area contributed by atoms with Gasteiger partial charge in [0.15, 0.2) is 0 Å². The third-order valence-electron chi connectivity index (χ3n) is 3.35. The number of aryl methyl sites for hydroxylation is 3. The molecule has 100 valence electrons. The summed E-state index contributed by atoms with van der Waals surface area (Å²) in [6, 6.07) is 6.31. The van der Waals surface area contributed by atoms with Gasteiger partial charge in [0.1, 0.15) is 5.82 Å². The quantitative estimate of drug-likeness (QED) is 0.896. The smallest absolute Gasteiger partial charge is 0.148 e. The molecule has 0 bridgehead atoms. The molecule has 0 unspecified atom stereocenters. The maximum absolute atomic E-state index is 6.07. The Hall–Kier alpha value is -1.74. The number of hydrogen-bond acceptors (Lipinski definition) is 3. The Kier molecular flexibility index (Phi) is 3.42. The van der Waals surface area contributed by atoms with Crippen molar-refractivity contribution < 1.29 is 0 Å². The van der Waals surface area contributed by atoms with Gasteiger partial charge in [-0.3, -0.25) is 0 Å². The first kappa shape index (κ1) is 13.7. The lowest BCUT2D eigenvalue weighted by molar-refractivity contribution is 0.514. The van der Waals surface area contributed by atoms with Crippen molar-refractivity contribution in [1.29, 1.82) is 0 Å². The van der Waals surface area contributed by atoms with Crippen molar-refractivity contribution in [3.8, 4) is 11.3 Å². The van der Waals surface area contributed by atoms with E-state index in [1.165, 1.54) is 16.7 Å². The van der Waals surface area contributed by atoms with Crippen LogP contribution in [-0.4, -0.2) is 9.97 Å². The van der Waals surface area contributed by atoms with Crippen LogP contribution in [0.5, 0.6) is 0 Å². The van der Waals surface area contributed by atoms with Crippen molar-refractivity contribution in [3.63, 3.8) is 0 Å². The largest absolute Gasteiger partial charge is 0.319 e. The second kappa shape index (κ2) is 4.74. The minimum atomic E-state index is -0.524. The summed E-state index contributed by atoms with van der Waals surface area (Å²) in [6.07, 6.45) is 1.78. The van der Waals surface area contributed by atoms with Crippen LogP contribution < -0.4 is 5.73 Å². The van der Waals surface area contributed by atoms with E-state index in [9.17, 15) is 0 Å². The predicted octanol–water partition coefficient (Wildman–Crippen LogP) is 3.26. The van der Waals surface area contributed by atoms with Crippen LogP contribution >= 0.6 is 0 Å². The molecule has 0 aliphatic carbocycles. The van der Waals surface area contributed by atoms with E-state index in [1.807, 2.05) is 19.9 Å². The Bertz CT molecular complexity index is 610. The molecule has 2 rings (SSSR count). The summed E-state index contributed by atoms with van der Waals surface area (Å²) in [5.74, 6) is 0.669. The van der Waals surface area contributed by atoms with E-state index in [1.54, 1.807) is 6.20 Å². The zero-order valence-corrected chi connectivity index (χ0v) is 12.3. The number of nitrogens with zero attached hydrogens (tertiary/aromatic N) is 2. The Morgan fingerprint density at radius 1 is 1.00 bits per heavy atom. The molecule has 1 heterocycles. The van der Waals surface area contributed by atoms with Crippen LogP contribution in [-0.2, 0) is 5.54 Å². The summed E-state index contributed by atoms with van der Waals surface area (Å²) in [6.45, 7) is 10.2. The molecular formula is C16H21N3. The fourth-order valence-corrected chi connectivity index (χ4v) is 2.06. The summed E-state index contributed by atoms with van der Waals surface area (Å²) < 4.78 is 0. The summed E-state index contributed by atoms with van der Waals surface area (Å²) >= 11 is 0. The monoisotopic (exact) mass is 255 g/mol. The molecule has 0 aliphatic heterocycles. The van der Waals surface area contributed by atoms with Crippen molar-refractivity contribution in [2.45, 2.75) is 40.2 Å². The zero-order valence-electron chi connectivity index (χ0n) is 12.3. The van der Waals surface area contributed by atoms with Crippen LogP contribution in [0.1, 0.15) is 36.4 Å². The molecule has 1 aromatic carbocycles. The molecule has 0 saturated heterocycles. The lowest BCUT2D eigenvalue weighted by Gasteiger charge is -2.17. The average Bonchev–Trinajstić information content (AvgIpc) is 2.33. The molecule has 2 N–H and O–H groups in total. The summed E-state index contributed by atoms with van der Waals surface area (Å²) in [7, 11) is 0. The normalized spacial score (nSPS) is 11.7. The molecular weight excluding hydrogens is 234 g/mol. The van der Waals surface area contributed by atoms with Crippen molar-refractivity contribution >= 4 is 0 Å². The standard InChI is InChI=1S/C16H21N3/c1-10-8-12(3)13(9-11(10)2)14-6-7-18-15(19-14)16(4,5)17/h6-9H,17H2,1-5H3. The highest BCUT2D eigenvalue weighted by Crippen LogP contribution is 2.25. The minimum Gasteiger partial charge on any atom is -0.319 e. The van der Waals surface area contributed by atoms with E-state index < -0.39 is 5.54 Å². The molecule has 0 fully saturated rings. The van der Waals surface area contributed by atoms with E-state index in [2.05, 4.69) is 42.9 Å². The van der Waals surface area contributed by atoms with Gasteiger partial charge in [0.2, 0.25) is 0 Å². The highest BCUT2D eigenvalue weighted by Gasteiger charge is 2.18. The lowest BCUT2D eigenvalue weighted by atomic mass is 9.98. The molecule has 3 heteroatoms. The van der Waals surface area contributed by atoms with Gasteiger partial charge in [-0.2, -0.15) is 0 Å². The summed E-state index contributed by atoms with van der Waals surface area (Å²) in [5, 5.41) is 0. The van der Waals surface area contributed by atoms with Crippen LogP contribution in [0.15, 0.2) is 24.4 Å². The predicted molar refractivity (Wildman–Crippen MR) is 78.9 cm³/mol. The molecule has 3 nitrogen and oxygen atoms in total. The second-order valence-electron chi connectivity index (χ2n) is 5.74. The first-order chi connectivity index (χ1) is 8.79. The molecule has 0 atom stereocenters. The van der Waals surface area contributed by atoms with Gasteiger partial charge in [-0.1, -0.05) is 6.07 Å². The topological polar surface area (TPSA) is 51.8 Å². The first-order valence-electron chi connectivity index (χ1n) is 6.49. The lowest BCUT2D eigenvalue weighted by Crippen LogP contribution is -2.31. The number of benzene rings is 1. The highest BCUT2D eigenvalue weighted by molar-refractivity contribution is 5.65. The van der Waals surface area contributed by atoms with Crippen molar-refractivity contribution in [1.82, 2.24) is 9.97 Å². The third kappa shape index (κ3) is 2.82. The van der Waals surface area contributed by atoms with Gasteiger partial charge < -0.3 is 5.73 Å². The number of aromatic nitrogens is 2. The second-order valence-corrected chi connectivity index (χ2v) is 5.74. The number of nitrogens with two attached hydrogens (primary N) is 1. The molecule has 0 aliphatic rings. The average molecular weight is 255 g/mol. The third-order valence-corrected chi connectivity index (χ3v) is 3.35. The molecule has 2 aromatic rings. The molecule has 0 radical (unpaired) electrons. The maximum Gasteiger partial charge on any atom is 0.148 e. The van der Waals surface area contributed by atoms with Gasteiger partial charge >= 0.3 is 0 Å². The Labute approximate surface area is 114 Å². The highest BCUT2D eigenvalue weighted by atomic mass is 14.9. The molecule has 0 spiro atoms. The van der Waals surface area contributed by atoms with Crippen LogP contribution in [0.2, 0.25) is 0 Å². The fraction of sp³-hybridized carbons (Fsp3) is 0.375. The molecule has 19 heavy (non-hydrogen) atoms. The van der Waals surface area contributed by atoms with Crippen molar-refractivity contribution in [2.24, 2.45) is 5.73 Å². The van der Waals surface area contributed by atoms with Crippen molar-refractivity contribution in [2.75, 3.05) is 0 Å². The van der Waals surface area contributed by atoms with Crippen LogP contribution in [0, 0.1) is 20.8 Å².